The van der Waals surface area contributed by atoms with Gasteiger partial charge >= 0.3 is 5.97 Å². The molecule has 11 atom stereocenters. The molecule has 4 nitrogen and oxygen atoms in total. The molecular weight excluding hydrogens is 388 g/mol. The number of carbonyl (C=O) groups is 1. The molecule has 4 heteroatoms. The number of esters is 1. The maximum Gasteiger partial charge on any atom is 0.305 e. The van der Waals surface area contributed by atoms with Gasteiger partial charge in [0.1, 0.15) is 0 Å². The van der Waals surface area contributed by atoms with Crippen molar-refractivity contribution in [3.8, 4) is 0 Å². The van der Waals surface area contributed by atoms with E-state index < -0.39 is 0 Å². The van der Waals surface area contributed by atoms with Crippen molar-refractivity contribution in [3.63, 3.8) is 0 Å². The lowest BCUT2D eigenvalue weighted by molar-refractivity contribution is -0.193. The second-order valence-corrected chi connectivity index (χ2v) is 12.0. The molecule has 176 valence electrons. The van der Waals surface area contributed by atoms with Crippen LogP contribution in [0.4, 0.5) is 0 Å². The van der Waals surface area contributed by atoms with Crippen molar-refractivity contribution < 1.29 is 19.7 Å². The number of ether oxygens (including phenoxy) is 1. The summed E-state index contributed by atoms with van der Waals surface area (Å²) in [5, 5.41) is 22.1. The molecule has 0 aromatic carbocycles. The van der Waals surface area contributed by atoms with E-state index in [4.69, 9.17) is 4.74 Å². The van der Waals surface area contributed by atoms with E-state index in [1.54, 1.807) is 0 Å². The Kier molecular flexibility index (Phi) is 6.37. The zero-order valence-corrected chi connectivity index (χ0v) is 20.1. The first-order valence-corrected chi connectivity index (χ1v) is 12.7. The van der Waals surface area contributed by atoms with E-state index in [9.17, 15) is 15.0 Å². The number of hydrogen-bond donors (Lipinski definition) is 2. The molecule has 2 N–H and O–H groups in total. The topological polar surface area (TPSA) is 66.8 Å². The first-order chi connectivity index (χ1) is 14.7. The van der Waals surface area contributed by atoms with Crippen molar-refractivity contribution in [2.24, 2.45) is 52.3 Å². The average Bonchev–Trinajstić information content (AvgIpc) is 3.10. The fourth-order valence-corrected chi connectivity index (χ4v) is 9.26. The fourth-order valence-electron chi connectivity index (χ4n) is 9.26. The van der Waals surface area contributed by atoms with Gasteiger partial charge in [-0.05, 0) is 97.7 Å². The highest BCUT2D eigenvalue weighted by molar-refractivity contribution is 5.69. The van der Waals surface area contributed by atoms with Crippen LogP contribution in [0.5, 0.6) is 0 Å². The summed E-state index contributed by atoms with van der Waals surface area (Å²) in [7, 11) is 1.47. The summed E-state index contributed by atoms with van der Waals surface area (Å²) in [5.41, 5.74) is 0.429. The van der Waals surface area contributed by atoms with Crippen molar-refractivity contribution in [3.05, 3.63) is 12.7 Å². The predicted molar refractivity (Wildman–Crippen MR) is 122 cm³/mol. The van der Waals surface area contributed by atoms with Crippen LogP contribution in [0, 0.1) is 52.3 Å². The summed E-state index contributed by atoms with van der Waals surface area (Å²) in [6.07, 6.45) is 10.4. The van der Waals surface area contributed by atoms with E-state index >= 15 is 0 Å². The molecular formula is C27H44O4. The summed E-state index contributed by atoms with van der Waals surface area (Å²) in [5.74, 6) is 2.83. The molecule has 0 spiro atoms. The van der Waals surface area contributed by atoms with Gasteiger partial charge in [-0.1, -0.05) is 26.8 Å². The molecule has 4 fully saturated rings. The smallest absolute Gasteiger partial charge is 0.305 e. The van der Waals surface area contributed by atoms with E-state index in [-0.39, 0.29) is 34.9 Å². The average molecular weight is 433 g/mol. The van der Waals surface area contributed by atoms with Gasteiger partial charge in [-0.2, -0.15) is 0 Å². The predicted octanol–water partition coefficient (Wildman–Crippen LogP) is 4.98. The van der Waals surface area contributed by atoms with Gasteiger partial charge in [0.2, 0.25) is 0 Å². The van der Waals surface area contributed by atoms with Crippen molar-refractivity contribution in [1.29, 1.82) is 0 Å². The number of hydrogen-bond acceptors (Lipinski definition) is 4. The largest absolute Gasteiger partial charge is 0.469 e. The minimum Gasteiger partial charge on any atom is -0.469 e. The van der Waals surface area contributed by atoms with Crippen LogP contribution in [-0.2, 0) is 9.53 Å². The first-order valence-electron chi connectivity index (χ1n) is 12.7. The third-order valence-corrected chi connectivity index (χ3v) is 10.9. The minimum atomic E-state index is -0.348. The zero-order chi connectivity index (χ0) is 22.6. The van der Waals surface area contributed by atoms with Gasteiger partial charge in [0.25, 0.3) is 0 Å². The van der Waals surface area contributed by atoms with Gasteiger partial charge in [0.05, 0.1) is 19.3 Å². The Morgan fingerprint density at radius 1 is 1.10 bits per heavy atom. The number of fused-ring (bicyclic) bond motifs is 5. The second kappa shape index (κ2) is 8.48. The number of carbonyl (C=O) groups excluding carboxylic acids is 1. The number of methoxy groups -OCH3 is 1. The molecule has 0 saturated heterocycles. The Morgan fingerprint density at radius 3 is 2.45 bits per heavy atom. The molecule has 0 heterocycles. The minimum absolute atomic E-state index is 0.0827. The molecule has 31 heavy (non-hydrogen) atoms. The highest BCUT2D eigenvalue weighted by atomic mass is 16.5. The van der Waals surface area contributed by atoms with Gasteiger partial charge in [-0.3, -0.25) is 4.79 Å². The van der Waals surface area contributed by atoms with Crippen molar-refractivity contribution in [2.75, 3.05) is 7.11 Å². The Morgan fingerprint density at radius 2 is 1.77 bits per heavy atom. The van der Waals surface area contributed by atoms with Crippen molar-refractivity contribution in [1.82, 2.24) is 0 Å². The monoisotopic (exact) mass is 432 g/mol. The van der Waals surface area contributed by atoms with Crippen molar-refractivity contribution in [2.45, 2.75) is 90.8 Å². The number of rotatable bonds is 5. The Labute approximate surface area is 188 Å². The van der Waals surface area contributed by atoms with Gasteiger partial charge in [-0.25, -0.2) is 0 Å². The van der Waals surface area contributed by atoms with Gasteiger partial charge in [0.15, 0.2) is 0 Å². The lowest BCUT2D eigenvalue weighted by Crippen LogP contribution is -2.61. The van der Waals surface area contributed by atoms with Crippen LogP contribution < -0.4 is 0 Å². The summed E-state index contributed by atoms with van der Waals surface area (Å²) in [6, 6.07) is 0. The molecule has 4 saturated carbocycles. The fraction of sp³-hybridized carbons (Fsp3) is 0.889. The quantitative estimate of drug-likeness (QED) is 0.475. The van der Waals surface area contributed by atoms with Crippen molar-refractivity contribution >= 4 is 5.97 Å². The van der Waals surface area contributed by atoms with E-state index in [1.165, 1.54) is 32.8 Å². The highest BCUT2D eigenvalue weighted by Crippen LogP contribution is 2.69. The maximum absolute atomic E-state index is 11.7. The molecule has 4 rings (SSSR count). The normalized spacial score (nSPS) is 50.0. The van der Waals surface area contributed by atoms with Gasteiger partial charge in [0, 0.05) is 12.3 Å². The number of aliphatic hydroxyl groups is 2. The molecule has 4 aliphatic carbocycles. The summed E-state index contributed by atoms with van der Waals surface area (Å²) >= 11 is 0. The lowest BCUT2D eigenvalue weighted by atomic mass is 9.41. The maximum atomic E-state index is 11.7. The van der Waals surface area contributed by atoms with E-state index in [0.29, 0.717) is 41.9 Å². The molecule has 1 unspecified atom stereocenters. The molecule has 0 aromatic heterocycles. The van der Waals surface area contributed by atoms with E-state index in [2.05, 4.69) is 27.4 Å². The molecule has 0 aromatic rings. The van der Waals surface area contributed by atoms with Crippen LogP contribution in [0.15, 0.2) is 12.7 Å². The molecule has 0 aliphatic heterocycles. The van der Waals surface area contributed by atoms with Gasteiger partial charge < -0.3 is 14.9 Å². The second-order valence-electron chi connectivity index (χ2n) is 12.0. The molecule has 0 bridgehead atoms. The van der Waals surface area contributed by atoms with Crippen LogP contribution in [0.3, 0.4) is 0 Å². The Bertz CT molecular complexity index is 691. The third kappa shape index (κ3) is 3.60. The lowest BCUT2D eigenvalue weighted by Gasteiger charge is -2.64. The van der Waals surface area contributed by atoms with Crippen LogP contribution >= 0.6 is 0 Å². The zero-order valence-electron chi connectivity index (χ0n) is 20.1. The van der Waals surface area contributed by atoms with Crippen LogP contribution in [-0.4, -0.2) is 35.5 Å². The van der Waals surface area contributed by atoms with Crippen LogP contribution in [0.1, 0.15) is 78.6 Å². The highest BCUT2D eigenvalue weighted by Gasteiger charge is 2.64. The molecule has 4 aliphatic rings. The summed E-state index contributed by atoms with van der Waals surface area (Å²) in [4.78, 5) is 11.7. The first kappa shape index (κ1) is 23.3. The molecule has 0 radical (unpaired) electrons. The summed E-state index contributed by atoms with van der Waals surface area (Å²) < 4.78 is 4.87. The molecule has 0 amide bonds. The SMILES string of the molecule is C=CC1[C@@H](O)[C@@H]2[C@H](CC[C@]3(C)[C@@H]([C@H](C)CCC(=O)OC)CC[C@@H]23)[C@@]2(C)CC[C@@H](O)C[C@@H]12. The van der Waals surface area contributed by atoms with Crippen LogP contribution in [0.25, 0.3) is 0 Å². The van der Waals surface area contributed by atoms with E-state index in [0.717, 1.165) is 25.7 Å². The third-order valence-electron chi connectivity index (χ3n) is 10.9. The standard InChI is InChI=1S/C27H44O4/c1-6-18-22-15-17(28)11-13-27(22,4)21-12-14-26(3)19(16(2)7-10-23(29)31-5)8-9-20(26)24(21)25(18)30/h6,16-22,24-25,28,30H,1,7-15H2,2-5H3/t16-,17-,18?,19-,20+,21+,22+,24+,25-,26-,27-/m1/s1. The Balaban J connectivity index is 1.59. The van der Waals surface area contributed by atoms with E-state index in [1.807, 2.05) is 6.08 Å². The van der Waals surface area contributed by atoms with Gasteiger partial charge in [-0.15, -0.1) is 6.58 Å². The van der Waals surface area contributed by atoms with Crippen LogP contribution in [0.2, 0.25) is 0 Å². The Hall–Kier alpha value is -0.870. The summed E-state index contributed by atoms with van der Waals surface area (Å²) in [6.45, 7) is 11.4. The number of aliphatic hydroxyl groups excluding tert-OH is 2.